The Kier molecular flexibility index (Phi) is 8.85. The molecule has 1 fully saturated rings. The fraction of sp³-hybridized carbons (Fsp3) is 0.800. The van der Waals surface area contributed by atoms with Gasteiger partial charge < -0.3 is 15.5 Å². The highest BCUT2D eigenvalue weighted by Gasteiger charge is 2.20. The summed E-state index contributed by atoms with van der Waals surface area (Å²) in [6, 6.07) is 0. The van der Waals surface area contributed by atoms with Crippen LogP contribution in [0.4, 0.5) is 0 Å². The van der Waals surface area contributed by atoms with Gasteiger partial charge in [-0.15, -0.1) is 11.3 Å². The van der Waals surface area contributed by atoms with Crippen LogP contribution >= 0.6 is 11.3 Å². The maximum atomic E-state index is 4.66. The lowest BCUT2D eigenvalue weighted by Crippen LogP contribution is -2.40. The van der Waals surface area contributed by atoms with Crippen molar-refractivity contribution in [3.8, 4) is 0 Å². The minimum Gasteiger partial charge on any atom is -0.356 e. The van der Waals surface area contributed by atoms with E-state index in [1.807, 2.05) is 7.05 Å². The van der Waals surface area contributed by atoms with Crippen LogP contribution in [0.2, 0.25) is 0 Å². The first kappa shape index (κ1) is 21.2. The molecular formula is C20H37N5S. The van der Waals surface area contributed by atoms with Gasteiger partial charge in [0.05, 0.1) is 12.2 Å². The Morgan fingerprint density at radius 2 is 2.00 bits per heavy atom. The number of piperidine rings is 1. The Labute approximate surface area is 163 Å². The second kappa shape index (κ2) is 10.9. The van der Waals surface area contributed by atoms with E-state index in [-0.39, 0.29) is 0 Å². The zero-order valence-electron chi connectivity index (χ0n) is 17.2. The average Bonchev–Trinajstić information content (AvgIpc) is 3.05. The molecule has 0 bridgehead atoms. The predicted octanol–water partition coefficient (Wildman–Crippen LogP) is 3.69. The molecule has 26 heavy (non-hydrogen) atoms. The molecule has 0 aliphatic carbocycles. The number of unbranched alkanes of at least 4 members (excludes halogenated alkanes) is 1. The van der Waals surface area contributed by atoms with E-state index < -0.39 is 0 Å². The van der Waals surface area contributed by atoms with Gasteiger partial charge in [-0.05, 0) is 43.6 Å². The fourth-order valence-electron chi connectivity index (χ4n) is 3.69. The second-order valence-corrected chi connectivity index (χ2v) is 9.03. The molecule has 6 heteroatoms. The highest BCUT2D eigenvalue weighted by Crippen LogP contribution is 2.21. The molecule has 0 saturated carbocycles. The Balaban J connectivity index is 1.59. The highest BCUT2D eigenvalue weighted by molar-refractivity contribution is 7.09. The quantitative estimate of drug-likeness (QED) is 0.411. The third-order valence-electron chi connectivity index (χ3n) is 4.93. The molecule has 0 spiro atoms. The van der Waals surface area contributed by atoms with Crippen LogP contribution in [0.25, 0.3) is 0 Å². The molecule has 2 rings (SSSR count). The molecule has 1 aromatic heterocycles. The summed E-state index contributed by atoms with van der Waals surface area (Å²) in [5.41, 5.74) is 1.18. The number of hydrogen-bond acceptors (Lipinski definition) is 4. The van der Waals surface area contributed by atoms with Crippen molar-refractivity contribution in [1.82, 2.24) is 20.5 Å². The number of rotatable bonds is 8. The largest absolute Gasteiger partial charge is 0.356 e. The van der Waals surface area contributed by atoms with E-state index in [1.165, 1.54) is 44.6 Å². The van der Waals surface area contributed by atoms with E-state index in [9.17, 15) is 0 Å². The zero-order chi connectivity index (χ0) is 18.9. The average molecular weight is 380 g/mol. The lowest BCUT2D eigenvalue weighted by molar-refractivity contribution is 0.139. The monoisotopic (exact) mass is 379 g/mol. The Hall–Kier alpha value is -1.14. The van der Waals surface area contributed by atoms with Crippen LogP contribution in [0.3, 0.4) is 0 Å². The third-order valence-corrected chi connectivity index (χ3v) is 5.80. The van der Waals surface area contributed by atoms with Crippen molar-refractivity contribution in [2.45, 2.75) is 59.4 Å². The summed E-state index contributed by atoms with van der Waals surface area (Å²) in [6.45, 7) is 14.6. The van der Waals surface area contributed by atoms with Crippen LogP contribution in [-0.4, -0.2) is 49.1 Å². The van der Waals surface area contributed by atoms with E-state index >= 15 is 0 Å². The van der Waals surface area contributed by atoms with Crippen LogP contribution in [0, 0.1) is 11.8 Å². The lowest BCUT2D eigenvalue weighted by Gasteiger charge is -2.34. The molecule has 148 valence electrons. The molecular weight excluding hydrogens is 342 g/mol. The van der Waals surface area contributed by atoms with Gasteiger partial charge >= 0.3 is 0 Å². The van der Waals surface area contributed by atoms with Crippen LogP contribution < -0.4 is 10.6 Å². The van der Waals surface area contributed by atoms with Crippen LogP contribution in [0.15, 0.2) is 10.4 Å². The molecule has 1 aliphatic heterocycles. The normalized spacial score (nSPS) is 22.0. The van der Waals surface area contributed by atoms with Gasteiger partial charge in [-0.25, -0.2) is 4.98 Å². The van der Waals surface area contributed by atoms with Gasteiger partial charge in [-0.1, -0.05) is 27.7 Å². The standard InChI is InChI=1S/C20H37N5S/c1-15(2)18-14-26-19(24-18)11-23-20(21-5)22-8-6-7-9-25-12-16(3)10-17(4)13-25/h14-17H,6-13H2,1-5H3,(H2,21,22,23). The summed E-state index contributed by atoms with van der Waals surface area (Å²) in [5.74, 6) is 3.05. The molecule has 0 aromatic carbocycles. The molecule has 1 saturated heterocycles. The SMILES string of the molecule is CN=C(NCCCCN1CC(C)CC(C)C1)NCc1nc(C(C)C)cs1. The summed E-state index contributed by atoms with van der Waals surface area (Å²) >= 11 is 1.72. The number of aliphatic imine (C=N–C) groups is 1. The summed E-state index contributed by atoms with van der Waals surface area (Å²) in [6.07, 6.45) is 3.81. The van der Waals surface area contributed by atoms with E-state index in [0.29, 0.717) is 5.92 Å². The lowest BCUT2D eigenvalue weighted by atomic mass is 9.92. The maximum absolute atomic E-state index is 4.66. The number of nitrogens with zero attached hydrogens (tertiary/aromatic N) is 3. The summed E-state index contributed by atoms with van der Waals surface area (Å²) in [4.78, 5) is 11.6. The van der Waals surface area contributed by atoms with Crippen molar-refractivity contribution in [2.24, 2.45) is 16.8 Å². The molecule has 1 aromatic rings. The molecule has 2 atom stereocenters. The minimum absolute atomic E-state index is 0.489. The maximum Gasteiger partial charge on any atom is 0.191 e. The Morgan fingerprint density at radius 1 is 1.27 bits per heavy atom. The number of nitrogens with one attached hydrogen (secondary N) is 2. The highest BCUT2D eigenvalue weighted by atomic mass is 32.1. The smallest absolute Gasteiger partial charge is 0.191 e. The number of likely N-dealkylation sites (tertiary alicyclic amines) is 1. The molecule has 5 nitrogen and oxygen atoms in total. The molecule has 2 heterocycles. The number of hydrogen-bond donors (Lipinski definition) is 2. The van der Waals surface area contributed by atoms with Gasteiger partial charge in [0.2, 0.25) is 0 Å². The van der Waals surface area contributed by atoms with Crippen molar-refractivity contribution < 1.29 is 0 Å². The fourth-order valence-corrected chi connectivity index (χ4v) is 4.59. The zero-order valence-corrected chi connectivity index (χ0v) is 18.0. The molecule has 0 amide bonds. The van der Waals surface area contributed by atoms with Gasteiger partial charge in [0.15, 0.2) is 5.96 Å². The van der Waals surface area contributed by atoms with E-state index in [0.717, 1.165) is 35.9 Å². The third kappa shape index (κ3) is 7.23. The van der Waals surface area contributed by atoms with E-state index in [2.05, 4.69) is 58.6 Å². The first-order valence-corrected chi connectivity index (χ1v) is 11.0. The molecule has 2 unspecified atom stereocenters. The van der Waals surface area contributed by atoms with Crippen molar-refractivity contribution in [2.75, 3.05) is 33.2 Å². The van der Waals surface area contributed by atoms with Crippen molar-refractivity contribution in [3.05, 3.63) is 16.1 Å². The summed E-state index contributed by atoms with van der Waals surface area (Å²) in [5, 5.41) is 10.1. The number of aromatic nitrogens is 1. The van der Waals surface area contributed by atoms with Gasteiger partial charge in [0.1, 0.15) is 5.01 Å². The second-order valence-electron chi connectivity index (χ2n) is 8.09. The van der Waals surface area contributed by atoms with E-state index in [4.69, 9.17) is 0 Å². The predicted molar refractivity (Wildman–Crippen MR) is 113 cm³/mol. The first-order valence-electron chi connectivity index (χ1n) is 10.1. The van der Waals surface area contributed by atoms with Gasteiger partial charge in [-0.2, -0.15) is 0 Å². The summed E-state index contributed by atoms with van der Waals surface area (Å²) in [7, 11) is 1.83. The van der Waals surface area contributed by atoms with Crippen molar-refractivity contribution in [3.63, 3.8) is 0 Å². The van der Waals surface area contributed by atoms with Crippen molar-refractivity contribution in [1.29, 1.82) is 0 Å². The van der Waals surface area contributed by atoms with Gasteiger partial charge in [0, 0.05) is 32.1 Å². The van der Waals surface area contributed by atoms with E-state index in [1.54, 1.807) is 11.3 Å². The summed E-state index contributed by atoms with van der Waals surface area (Å²) < 4.78 is 0. The van der Waals surface area contributed by atoms with Crippen LogP contribution in [-0.2, 0) is 6.54 Å². The molecule has 0 radical (unpaired) electrons. The molecule has 1 aliphatic rings. The number of guanidine groups is 1. The molecule has 2 N–H and O–H groups in total. The Bertz CT molecular complexity index is 544. The topological polar surface area (TPSA) is 52.6 Å². The minimum atomic E-state index is 0.489. The first-order chi connectivity index (χ1) is 12.5. The Morgan fingerprint density at radius 3 is 2.62 bits per heavy atom. The van der Waals surface area contributed by atoms with Gasteiger partial charge in [0.25, 0.3) is 0 Å². The van der Waals surface area contributed by atoms with Crippen LogP contribution in [0.1, 0.15) is 63.6 Å². The van der Waals surface area contributed by atoms with Crippen LogP contribution in [0.5, 0.6) is 0 Å². The van der Waals surface area contributed by atoms with Gasteiger partial charge in [-0.3, -0.25) is 4.99 Å². The van der Waals surface area contributed by atoms with Crippen molar-refractivity contribution >= 4 is 17.3 Å². The number of thiazole rings is 1.